The van der Waals surface area contributed by atoms with Crippen LogP contribution >= 0.6 is 11.8 Å². The van der Waals surface area contributed by atoms with Crippen molar-refractivity contribution in [1.82, 2.24) is 5.32 Å². The summed E-state index contributed by atoms with van der Waals surface area (Å²) in [6.45, 7) is 0.560. The molecule has 1 aliphatic carbocycles. The number of nitrogens with two attached hydrogens (primary N) is 1. The minimum absolute atomic E-state index is 0.00327. The van der Waals surface area contributed by atoms with Gasteiger partial charge in [-0.05, 0) is 18.6 Å². The molecular weight excluding hydrogens is 238 g/mol. The van der Waals surface area contributed by atoms with E-state index in [0.717, 1.165) is 17.0 Å². The molecule has 0 spiro atoms. The van der Waals surface area contributed by atoms with Gasteiger partial charge in [-0.1, -0.05) is 11.8 Å². The lowest BCUT2D eigenvalue weighted by atomic mass is 10.1. The SMILES string of the molecule is NCC(=O)NCCC1N=C2C=CC(=O)C=C2S1. The normalized spacial score (nSPS) is 21.9. The molecule has 6 heteroatoms. The Labute approximate surface area is 103 Å². The molecule has 0 bridgehead atoms. The van der Waals surface area contributed by atoms with Gasteiger partial charge >= 0.3 is 0 Å². The molecule has 0 saturated carbocycles. The van der Waals surface area contributed by atoms with Crippen LogP contribution in [0.15, 0.2) is 28.1 Å². The van der Waals surface area contributed by atoms with E-state index in [2.05, 4.69) is 10.3 Å². The maximum absolute atomic E-state index is 11.2. The first-order chi connectivity index (χ1) is 8.19. The molecule has 0 aromatic carbocycles. The Bertz CT molecular complexity index is 440. The van der Waals surface area contributed by atoms with Crippen LogP contribution in [0.25, 0.3) is 0 Å². The first kappa shape index (κ1) is 12.1. The second kappa shape index (κ2) is 5.29. The number of aliphatic imine (C=N–C) groups is 1. The van der Waals surface area contributed by atoms with Crippen molar-refractivity contribution in [3.05, 3.63) is 23.1 Å². The highest BCUT2D eigenvalue weighted by molar-refractivity contribution is 8.05. The Morgan fingerprint density at radius 3 is 3.12 bits per heavy atom. The third kappa shape index (κ3) is 3.04. The Balaban J connectivity index is 1.84. The van der Waals surface area contributed by atoms with Gasteiger partial charge in [0.25, 0.3) is 0 Å². The van der Waals surface area contributed by atoms with Gasteiger partial charge in [0.15, 0.2) is 5.78 Å². The number of carbonyl (C=O) groups excluding carboxylic acids is 2. The zero-order valence-electron chi connectivity index (χ0n) is 9.18. The maximum atomic E-state index is 11.2. The number of rotatable bonds is 4. The van der Waals surface area contributed by atoms with E-state index in [-0.39, 0.29) is 23.6 Å². The van der Waals surface area contributed by atoms with Crippen molar-refractivity contribution < 1.29 is 9.59 Å². The summed E-state index contributed by atoms with van der Waals surface area (Å²) in [5.41, 5.74) is 6.04. The fraction of sp³-hybridized carbons (Fsp3) is 0.364. The molecule has 0 saturated heterocycles. The Hall–Kier alpha value is -1.40. The highest BCUT2D eigenvalue weighted by atomic mass is 32.2. The molecule has 2 rings (SSSR count). The summed E-state index contributed by atoms with van der Waals surface area (Å²) in [5.74, 6) is -0.157. The van der Waals surface area contributed by atoms with Gasteiger partial charge in [0.1, 0.15) is 5.37 Å². The minimum Gasteiger partial charge on any atom is -0.355 e. The smallest absolute Gasteiger partial charge is 0.233 e. The molecule has 1 heterocycles. The topological polar surface area (TPSA) is 84.6 Å². The van der Waals surface area contributed by atoms with Gasteiger partial charge in [0.05, 0.1) is 12.3 Å². The first-order valence-corrected chi connectivity index (χ1v) is 6.22. The maximum Gasteiger partial charge on any atom is 0.233 e. The summed E-state index contributed by atoms with van der Waals surface area (Å²) in [7, 11) is 0. The monoisotopic (exact) mass is 251 g/mol. The largest absolute Gasteiger partial charge is 0.355 e. The summed E-state index contributed by atoms with van der Waals surface area (Å²) >= 11 is 1.56. The van der Waals surface area contributed by atoms with Crippen LogP contribution in [0.3, 0.4) is 0 Å². The van der Waals surface area contributed by atoms with Crippen LogP contribution < -0.4 is 11.1 Å². The number of allylic oxidation sites excluding steroid dienone is 4. The molecule has 90 valence electrons. The van der Waals surface area contributed by atoms with Crippen molar-refractivity contribution in [2.24, 2.45) is 10.7 Å². The molecular formula is C11H13N3O2S. The Morgan fingerprint density at radius 2 is 2.35 bits per heavy atom. The molecule has 0 fully saturated rings. The van der Waals surface area contributed by atoms with E-state index in [1.807, 2.05) is 0 Å². The zero-order chi connectivity index (χ0) is 12.3. The van der Waals surface area contributed by atoms with Crippen molar-refractivity contribution in [2.75, 3.05) is 13.1 Å². The summed E-state index contributed by atoms with van der Waals surface area (Å²) in [6.07, 6.45) is 5.59. The van der Waals surface area contributed by atoms with Gasteiger partial charge in [-0.25, -0.2) is 0 Å². The number of carbonyl (C=O) groups is 2. The van der Waals surface area contributed by atoms with E-state index in [4.69, 9.17) is 5.73 Å². The van der Waals surface area contributed by atoms with E-state index in [1.54, 1.807) is 23.9 Å². The lowest BCUT2D eigenvalue weighted by molar-refractivity contribution is -0.119. The van der Waals surface area contributed by atoms with Gasteiger partial charge in [-0.2, -0.15) is 0 Å². The van der Waals surface area contributed by atoms with Gasteiger partial charge in [0, 0.05) is 17.5 Å². The van der Waals surface area contributed by atoms with Crippen molar-refractivity contribution in [3.63, 3.8) is 0 Å². The number of hydrogen-bond donors (Lipinski definition) is 2. The predicted molar refractivity (Wildman–Crippen MR) is 67.7 cm³/mol. The summed E-state index contributed by atoms with van der Waals surface area (Å²) < 4.78 is 0. The minimum atomic E-state index is -0.160. The van der Waals surface area contributed by atoms with Crippen LogP contribution in [0.1, 0.15) is 6.42 Å². The molecule has 1 unspecified atom stereocenters. The molecule has 1 aliphatic heterocycles. The number of ketones is 1. The number of hydrogen-bond acceptors (Lipinski definition) is 5. The van der Waals surface area contributed by atoms with Crippen molar-refractivity contribution in [1.29, 1.82) is 0 Å². The zero-order valence-corrected chi connectivity index (χ0v) is 10.00. The third-order valence-corrected chi connectivity index (χ3v) is 3.57. The molecule has 1 atom stereocenters. The van der Waals surface area contributed by atoms with Crippen molar-refractivity contribution in [3.8, 4) is 0 Å². The van der Waals surface area contributed by atoms with Crippen LogP contribution in [0, 0.1) is 0 Å². The fourth-order valence-corrected chi connectivity index (χ4v) is 2.68. The molecule has 0 radical (unpaired) electrons. The third-order valence-electron chi connectivity index (χ3n) is 2.38. The Morgan fingerprint density at radius 1 is 1.53 bits per heavy atom. The van der Waals surface area contributed by atoms with Crippen LogP contribution in [-0.2, 0) is 9.59 Å². The molecule has 5 nitrogen and oxygen atoms in total. The fourth-order valence-electron chi connectivity index (χ4n) is 1.55. The highest BCUT2D eigenvalue weighted by Crippen LogP contribution is 2.34. The number of nitrogens with one attached hydrogen (secondary N) is 1. The lowest BCUT2D eigenvalue weighted by Gasteiger charge is -2.06. The Kier molecular flexibility index (Phi) is 3.75. The second-order valence-electron chi connectivity index (χ2n) is 3.67. The summed E-state index contributed by atoms with van der Waals surface area (Å²) in [4.78, 5) is 27.5. The average Bonchev–Trinajstić information content (AvgIpc) is 2.70. The van der Waals surface area contributed by atoms with Crippen LogP contribution in [0.5, 0.6) is 0 Å². The highest BCUT2D eigenvalue weighted by Gasteiger charge is 2.24. The number of thioether (sulfide) groups is 1. The van der Waals surface area contributed by atoms with Gasteiger partial charge in [0.2, 0.25) is 5.91 Å². The molecule has 0 aromatic heterocycles. The molecule has 3 N–H and O–H groups in total. The number of fused-ring (bicyclic) bond motifs is 1. The number of nitrogens with zero attached hydrogens (tertiary/aromatic N) is 1. The second-order valence-corrected chi connectivity index (χ2v) is 4.89. The van der Waals surface area contributed by atoms with Gasteiger partial charge in [-0.15, -0.1) is 0 Å². The molecule has 1 amide bonds. The summed E-state index contributed by atoms with van der Waals surface area (Å²) in [6, 6.07) is 0. The molecule has 17 heavy (non-hydrogen) atoms. The van der Waals surface area contributed by atoms with E-state index < -0.39 is 0 Å². The predicted octanol–water partition coefficient (Wildman–Crippen LogP) is -0.0119. The van der Waals surface area contributed by atoms with Crippen molar-refractivity contribution >= 4 is 29.2 Å². The van der Waals surface area contributed by atoms with E-state index in [1.165, 1.54) is 6.08 Å². The number of amides is 1. The van der Waals surface area contributed by atoms with Crippen LogP contribution in [0.4, 0.5) is 0 Å². The molecule has 0 aromatic rings. The van der Waals surface area contributed by atoms with Crippen molar-refractivity contribution in [2.45, 2.75) is 11.8 Å². The quantitative estimate of drug-likeness (QED) is 0.688. The van der Waals surface area contributed by atoms with Gasteiger partial charge in [-0.3, -0.25) is 14.6 Å². The lowest BCUT2D eigenvalue weighted by Crippen LogP contribution is -2.31. The van der Waals surface area contributed by atoms with E-state index in [9.17, 15) is 9.59 Å². The van der Waals surface area contributed by atoms with Crippen LogP contribution in [-0.4, -0.2) is 35.9 Å². The van der Waals surface area contributed by atoms with E-state index >= 15 is 0 Å². The van der Waals surface area contributed by atoms with Crippen LogP contribution in [0.2, 0.25) is 0 Å². The standard InChI is InChI=1S/C11H13N3O2S/c12-6-10(16)13-4-3-11-14-8-2-1-7(15)5-9(8)17-11/h1-2,5,11H,3-4,6,12H2,(H,13,16). The first-order valence-electron chi connectivity index (χ1n) is 5.34. The van der Waals surface area contributed by atoms with Gasteiger partial charge < -0.3 is 11.1 Å². The summed E-state index contributed by atoms with van der Waals surface area (Å²) in [5, 5.41) is 2.77. The van der Waals surface area contributed by atoms with E-state index in [0.29, 0.717) is 6.54 Å². The average molecular weight is 251 g/mol. The molecule has 2 aliphatic rings.